The molecule has 0 saturated carbocycles. The normalized spacial score (nSPS) is 13.2. The van der Waals surface area contributed by atoms with Gasteiger partial charge in [-0.15, -0.1) is 0 Å². The Labute approximate surface area is 233 Å². The summed E-state index contributed by atoms with van der Waals surface area (Å²) in [5, 5.41) is 0. The molecule has 0 fully saturated rings. The molecule has 0 heterocycles. The van der Waals surface area contributed by atoms with E-state index in [2.05, 4.69) is 71.3 Å². The zero-order valence-corrected chi connectivity index (χ0v) is 24.9. The van der Waals surface area contributed by atoms with Crippen molar-refractivity contribution in [1.29, 1.82) is 0 Å². The Morgan fingerprint density at radius 3 is 2.00 bits per heavy atom. The second kappa shape index (κ2) is 18.0. The third-order valence-corrected chi connectivity index (χ3v) is 7.28. The number of ether oxygens (including phenoxy) is 2. The average molecular weight is 525 g/mol. The maximum atomic E-state index is 13.2. The number of hydrogen-bond donors (Lipinski definition) is 0. The third-order valence-electron chi connectivity index (χ3n) is 7.28. The fraction of sp³-hybridized carbons (Fsp3) is 0.618. The Balaban J connectivity index is 1.82. The largest absolute Gasteiger partial charge is 0.455 e. The van der Waals surface area contributed by atoms with Gasteiger partial charge in [0.1, 0.15) is 18.2 Å². The maximum absolute atomic E-state index is 13.2. The number of carbonyl (C=O) groups is 1. The van der Waals surface area contributed by atoms with Gasteiger partial charge >= 0.3 is 5.97 Å². The van der Waals surface area contributed by atoms with E-state index in [4.69, 9.17) is 9.47 Å². The Bertz CT molecular complexity index is 878. The van der Waals surface area contributed by atoms with Gasteiger partial charge in [-0.2, -0.15) is 0 Å². The van der Waals surface area contributed by atoms with E-state index in [-0.39, 0.29) is 11.9 Å². The molecule has 4 nitrogen and oxygen atoms in total. The smallest absolute Gasteiger partial charge is 0.317 e. The molecule has 0 aromatic heterocycles. The first-order valence-electron chi connectivity index (χ1n) is 15.2. The number of esters is 1. The number of carbonyl (C=O) groups excluding carboxylic acids is 1. The number of quaternary nitrogens is 1. The van der Waals surface area contributed by atoms with Gasteiger partial charge in [-0.25, -0.2) is 0 Å². The molecule has 0 aliphatic heterocycles. The SMILES string of the molecule is CCCCCCCCCCc1ccc(OC(CCC)OC(=O)C(CC)C[N+](C)(C)Cc2ccccc2)cc1. The molecule has 38 heavy (non-hydrogen) atoms. The van der Waals surface area contributed by atoms with E-state index in [0.29, 0.717) is 6.42 Å². The van der Waals surface area contributed by atoms with Crippen LogP contribution < -0.4 is 4.74 Å². The van der Waals surface area contributed by atoms with Crippen LogP contribution in [0.1, 0.15) is 103 Å². The number of nitrogens with zero attached hydrogens (tertiary/aromatic N) is 1. The summed E-state index contributed by atoms with van der Waals surface area (Å²) in [6.07, 6.45) is 13.6. The van der Waals surface area contributed by atoms with Crippen molar-refractivity contribution in [3.63, 3.8) is 0 Å². The molecule has 2 aromatic carbocycles. The predicted octanol–water partition coefficient (Wildman–Crippen LogP) is 8.72. The highest BCUT2D eigenvalue weighted by Gasteiger charge is 2.30. The van der Waals surface area contributed by atoms with Crippen LogP contribution in [0.15, 0.2) is 54.6 Å². The summed E-state index contributed by atoms with van der Waals surface area (Å²) in [5.74, 6) is 0.450. The summed E-state index contributed by atoms with van der Waals surface area (Å²) in [6, 6.07) is 18.8. The van der Waals surface area contributed by atoms with Crippen molar-refractivity contribution in [2.45, 2.75) is 111 Å². The van der Waals surface area contributed by atoms with Crippen molar-refractivity contribution in [1.82, 2.24) is 0 Å². The molecular formula is C34H54NO3+. The molecule has 2 unspecified atom stereocenters. The molecule has 0 bridgehead atoms. The second-order valence-electron chi connectivity index (χ2n) is 11.5. The lowest BCUT2D eigenvalue weighted by molar-refractivity contribution is -0.906. The summed E-state index contributed by atoms with van der Waals surface area (Å²) in [4.78, 5) is 13.2. The summed E-state index contributed by atoms with van der Waals surface area (Å²) in [6.45, 7) is 8.04. The number of unbranched alkanes of at least 4 members (excludes halogenated alkanes) is 7. The molecule has 0 spiro atoms. The fourth-order valence-corrected chi connectivity index (χ4v) is 5.06. The monoisotopic (exact) mass is 524 g/mol. The summed E-state index contributed by atoms with van der Waals surface area (Å²) in [5.41, 5.74) is 2.62. The topological polar surface area (TPSA) is 35.5 Å². The standard InChI is InChI=1S/C34H54NO3/c1-6-9-10-11-12-13-14-16-20-29-23-25-32(26-24-29)37-33(19-7-2)38-34(36)31(8-3)28-35(4,5)27-30-21-17-15-18-22-30/h15,17-18,21-26,31,33H,6-14,16,19-20,27-28H2,1-5H3/q+1. The van der Waals surface area contributed by atoms with Crippen molar-refractivity contribution >= 4 is 5.97 Å². The highest BCUT2D eigenvalue weighted by atomic mass is 16.7. The van der Waals surface area contributed by atoms with Gasteiger partial charge in [0.15, 0.2) is 0 Å². The van der Waals surface area contributed by atoms with Gasteiger partial charge in [-0.05, 0) is 43.4 Å². The second-order valence-corrected chi connectivity index (χ2v) is 11.5. The van der Waals surface area contributed by atoms with Crippen LogP contribution in [-0.2, 0) is 22.5 Å². The van der Waals surface area contributed by atoms with E-state index in [1.807, 2.05) is 18.2 Å². The molecule has 0 aliphatic rings. The number of hydrogen-bond acceptors (Lipinski definition) is 3. The minimum Gasteiger partial charge on any atom is -0.455 e. The Hall–Kier alpha value is -2.33. The van der Waals surface area contributed by atoms with Crippen molar-refractivity contribution in [2.75, 3.05) is 20.6 Å². The lowest BCUT2D eigenvalue weighted by Crippen LogP contribution is -2.45. The van der Waals surface area contributed by atoms with E-state index < -0.39 is 6.29 Å². The van der Waals surface area contributed by atoms with Gasteiger partial charge in [-0.3, -0.25) is 4.79 Å². The van der Waals surface area contributed by atoms with Crippen LogP contribution in [0.4, 0.5) is 0 Å². The van der Waals surface area contributed by atoms with E-state index in [0.717, 1.165) is 42.6 Å². The Morgan fingerprint density at radius 2 is 1.39 bits per heavy atom. The molecule has 0 radical (unpaired) electrons. The molecule has 0 saturated heterocycles. The summed E-state index contributed by atoms with van der Waals surface area (Å²) >= 11 is 0. The molecule has 0 aliphatic carbocycles. The highest BCUT2D eigenvalue weighted by Crippen LogP contribution is 2.21. The van der Waals surface area contributed by atoms with Crippen molar-refractivity contribution in [3.8, 4) is 5.75 Å². The van der Waals surface area contributed by atoms with Crippen LogP contribution in [0, 0.1) is 5.92 Å². The zero-order valence-electron chi connectivity index (χ0n) is 24.9. The molecule has 212 valence electrons. The van der Waals surface area contributed by atoms with Crippen molar-refractivity contribution in [3.05, 3.63) is 65.7 Å². The lowest BCUT2D eigenvalue weighted by atomic mass is 10.0. The van der Waals surface area contributed by atoms with E-state index in [1.165, 1.54) is 62.5 Å². The first-order chi connectivity index (χ1) is 18.4. The molecule has 4 heteroatoms. The van der Waals surface area contributed by atoms with E-state index in [9.17, 15) is 4.79 Å². The Morgan fingerprint density at radius 1 is 0.763 bits per heavy atom. The van der Waals surface area contributed by atoms with E-state index in [1.54, 1.807) is 0 Å². The fourth-order valence-electron chi connectivity index (χ4n) is 5.06. The first kappa shape index (κ1) is 31.9. The average Bonchev–Trinajstić information content (AvgIpc) is 2.90. The van der Waals surface area contributed by atoms with Gasteiger partial charge in [0.2, 0.25) is 6.29 Å². The minimum atomic E-state index is -0.551. The molecular weight excluding hydrogens is 470 g/mol. The number of benzene rings is 2. The molecule has 2 aromatic rings. The van der Waals surface area contributed by atoms with Crippen LogP contribution in [0.2, 0.25) is 0 Å². The summed E-state index contributed by atoms with van der Waals surface area (Å²) < 4.78 is 12.8. The first-order valence-corrected chi connectivity index (χ1v) is 15.2. The molecule has 2 rings (SSSR count). The quantitative estimate of drug-likeness (QED) is 0.0752. The maximum Gasteiger partial charge on any atom is 0.317 e. The lowest BCUT2D eigenvalue weighted by Gasteiger charge is -2.33. The van der Waals surface area contributed by atoms with Crippen LogP contribution in [0.3, 0.4) is 0 Å². The molecule has 2 atom stereocenters. The number of rotatable bonds is 20. The molecule has 0 amide bonds. The van der Waals surface area contributed by atoms with E-state index >= 15 is 0 Å². The Kier molecular flexibility index (Phi) is 15.1. The van der Waals surface area contributed by atoms with Gasteiger partial charge in [0, 0.05) is 12.0 Å². The van der Waals surface area contributed by atoms with Crippen LogP contribution in [0.5, 0.6) is 5.75 Å². The van der Waals surface area contributed by atoms with Gasteiger partial charge in [-0.1, -0.05) is 108 Å². The third kappa shape index (κ3) is 13.0. The van der Waals surface area contributed by atoms with Crippen LogP contribution in [0.25, 0.3) is 0 Å². The zero-order chi connectivity index (χ0) is 27.6. The predicted molar refractivity (Wildman–Crippen MR) is 159 cm³/mol. The van der Waals surface area contributed by atoms with Gasteiger partial charge in [0.05, 0.1) is 20.6 Å². The van der Waals surface area contributed by atoms with Crippen molar-refractivity contribution < 1.29 is 18.8 Å². The minimum absolute atomic E-state index is 0.156. The highest BCUT2D eigenvalue weighted by molar-refractivity contribution is 5.72. The van der Waals surface area contributed by atoms with Crippen LogP contribution in [-0.4, -0.2) is 37.4 Å². The van der Waals surface area contributed by atoms with Crippen molar-refractivity contribution in [2.24, 2.45) is 5.92 Å². The van der Waals surface area contributed by atoms with Gasteiger partial charge < -0.3 is 14.0 Å². The summed E-state index contributed by atoms with van der Waals surface area (Å²) in [7, 11) is 4.36. The molecule has 0 N–H and O–H groups in total. The number of aryl methyl sites for hydroxylation is 1. The van der Waals surface area contributed by atoms with Gasteiger partial charge in [0.25, 0.3) is 0 Å². The van der Waals surface area contributed by atoms with Crippen LogP contribution >= 0.6 is 0 Å².